The first-order valence-corrected chi connectivity index (χ1v) is 13.5. The topological polar surface area (TPSA) is 120 Å². The van der Waals surface area contributed by atoms with Crippen molar-refractivity contribution in [3.8, 4) is 5.75 Å². The van der Waals surface area contributed by atoms with Crippen LogP contribution in [0.3, 0.4) is 0 Å². The van der Waals surface area contributed by atoms with Crippen LogP contribution >= 0.6 is 12.4 Å². The Kier molecular flexibility index (Phi) is 19.3. The molecular weight excluding hydrogens is 520 g/mol. The van der Waals surface area contributed by atoms with Crippen molar-refractivity contribution in [1.82, 2.24) is 9.80 Å². The van der Waals surface area contributed by atoms with Crippen LogP contribution in [0.15, 0.2) is 42.5 Å². The number of anilines is 2. The van der Waals surface area contributed by atoms with E-state index < -0.39 is 0 Å². The number of ether oxygens (including phenoxy) is 3. The van der Waals surface area contributed by atoms with Crippen molar-refractivity contribution in [2.75, 3.05) is 70.6 Å². The molecular formula is C29H47ClN4O5. The van der Waals surface area contributed by atoms with Gasteiger partial charge in [-0.3, -0.25) is 0 Å². The van der Waals surface area contributed by atoms with Gasteiger partial charge in [0.1, 0.15) is 19.0 Å². The smallest absolute Gasteiger partial charge is 0.338 e. The maximum atomic E-state index is 11.9. The van der Waals surface area contributed by atoms with Crippen molar-refractivity contribution < 1.29 is 23.8 Å². The van der Waals surface area contributed by atoms with Gasteiger partial charge in [-0.05, 0) is 75.1 Å². The molecule has 39 heavy (non-hydrogen) atoms. The van der Waals surface area contributed by atoms with Crippen LogP contribution in [0, 0.1) is 0 Å². The summed E-state index contributed by atoms with van der Waals surface area (Å²) in [4.78, 5) is 28.0. The van der Waals surface area contributed by atoms with Gasteiger partial charge in [0.05, 0.1) is 23.4 Å². The number of benzene rings is 2. The van der Waals surface area contributed by atoms with E-state index in [1.807, 2.05) is 6.92 Å². The quantitative estimate of drug-likeness (QED) is 0.232. The van der Waals surface area contributed by atoms with E-state index in [0.29, 0.717) is 48.1 Å². The summed E-state index contributed by atoms with van der Waals surface area (Å²) in [5.74, 6) is -0.0374. The second kappa shape index (κ2) is 20.9. The molecule has 0 aliphatic carbocycles. The normalized spacial score (nSPS) is 10.3. The predicted molar refractivity (Wildman–Crippen MR) is 161 cm³/mol. The lowest BCUT2D eigenvalue weighted by Gasteiger charge is -2.17. The van der Waals surface area contributed by atoms with E-state index in [9.17, 15) is 9.59 Å². The lowest BCUT2D eigenvalue weighted by molar-refractivity contribution is 0.0457. The number of hydrogen-bond acceptors (Lipinski definition) is 9. The summed E-state index contributed by atoms with van der Waals surface area (Å²) < 4.78 is 15.9. The van der Waals surface area contributed by atoms with E-state index in [0.717, 1.165) is 45.7 Å². The van der Waals surface area contributed by atoms with Crippen LogP contribution in [-0.4, -0.2) is 80.8 Å². The van der Waals surface area contributed by atoms with Gasteiger partial charge in [-0.2, -0.15) is 0 Å². The molecule has 4 N–H and O–H groups in total. The number of likely N-dealkylation sites (N-methyl/N-ethyl adjacent to an activating group) is 2. The van der Waals surface area contributed by atoms with E-state index in [2.05, 4.69) is 37.5 Å². The molecule has 0 amide bonds. The first-order chi connectivity index (χ1) is 18.3. The Hall–Kier alpha value is -3.01. The number of rotatable bonds is 15. The van der Waals surface area contributed by atoms with Gasteiger partial charge >= 0.3 is 11.9 Å². The van der Waals surface area contributed by atoms with Crippen molar-refractivity contribution in [3.05, 3.63) is 53.6 Å². The highest BCUT2D eigenvalue weighted by Gasteiger charge is 2.11. The standard InChI is InChI=1S/C16H26N2O3.C13H20N2O2.ClH/c1-4-10-20-15-8-7-13(12-14(15)17)16(19)21-11-9-18(5-2)6-3;1-3-15(4-2)9-10-17-13(16)11-5-7-12(14)8-6-11;/h7-8,12H,4-6,9-11,17H2,1-3H3;5-8H,3-4,9-10,14H2,1-2H3;1H. The maximum Gasteiger partial charge on any atom is 0.338 e. The highest BCUT2D eigenvalue weighted by Crippen LogP contribution is 2.23. The molecule has 220 valence electrons. The highest BCUT2D eigenvalue weighted by atomic mass is 35.5. The van der Waals surface area contributed by atoms with Crippen LogP contribution in [0.5, 0.6) is 5.75 Å². The second-order valence-corrected chi connectivity index (χ2v) is 8.55. The Balaban J connectivity index is 0.000000737. The number of carbonyl (C=O) groups is 2. The van der Waals surface area contributed by atoms with Gasteiger partial charge in [-0.15, -0.1) is 12.4 Å². The Morgan fingerprint density at radius 2 is 1.15 bits per heavy atom. The van der Waals surface area contributed by atoms with Crippen molar-refractivity contribution in [2.24, 2.45) is 0 Å². The molecule has 0 aliphatic rings. The number of nitrogens with two attached hydrogens (primary N) is 2. The van der Waals surface area contributed by atoms with Crippen LogP contribution in [0.4, 0.5) is 11.4 Å². The van der Waals surface area contributed by atoms with Gasteiger partial charge in [-0.25, -0.2) is 9.59 Å². The van der Waals surface area contributed by atoms with Gasteiger partial charge in [0.2, 0.25) is 0 Å². The van der Waals surface area contributed by atoms with Crippen LogP contribution < -0.4 is 16.2 Å². The number of carbonyl (C=O) groups excluding carboxylic acids is 2. The SMILES string of the molecule is CCCOc1ccc(C(=O)OCCN(CC)CC)cc1N.CCN(CC)CCOC(=O)c1ccc(N)cc1.Cl. The number of esters is 2. The summed E-state index contributed by atoms with van der Waals surface area (Å²) in [6.07, 6.45) is 0.911. The Bertz CT molecular complexity index is 951. The minimum atomic E-state index is -0.351. The minimum Gasteiger partial charge on any atom is -0.491 e. The van der Waals surface area contributed by atoms with Gasteiger partial charge in [0.15, 0.2) is 0 Å². The monoisotopic (exact) mass is 566 g/mol. The zero-order chi connectivity index (χ0) is 28.3. The van der Waals surface area contributed by atoms with Gasteiger partial charge in [-0.1, -0.05) is 34.6 Å². The van der Waals surface area contributed by atoms with E-state index in [1.165, 1.54) is 0 Å². The fourth-order valence-corrected chi connectivity index (χ4v) is 3.42. The van der Waals surface area contributed by atoms with Crippen LogP contribution in [-0.2, 0) is 9.47 Å². The van der Waals surface area contributed by atoms with Crippen molar-refractivity contribution in [1.29, 1.82) is 0 Å². The molecule has 0 spiro atoms. The molecule has 0 fully saturated rings. The molecule has 10 heteroatoms. The summed E-state index contributed by atoms with van der Waals surface area (Å²) in [7, 11) is 0. The maximum absolute atomic E-state index is 11.9. The number of halogens is 1. The molecule has 0 bridgehead atoms. The molecule has 2 rings (SSSR count). The van der Waals surface area contributed by atoms with Crippen molar-refractivity contribution in [3.63, 3.8) is 0 Å². The summed E-state index contributed by atoms with van der Waals surface area (Å²) in [5, 5.41) is 0. The lowest BCUT2D eigenvalue weighted by Crippen LogP contribution is -2.27. The average Bonchev–Trinajstić information content (AvgIpc) is 2.93. The highest BCUT2D eigenvalue weighted by molar-refractivity contribution is 5.91. The Morgan fingerprint density at radius 3 is 1.59 bits per heavy atom. The molecule has 0 aliphatic heterocycles. The Labute approximate surface area is 240 Å². The lowest BCUT2D eigenvalue weighted by atomic mass is 10.2. The summed E-state index contributed by atoms with van der Waals surface area (Å²) >= 11 is 0. The molecule has 0 atom stereocenters. The molecule has 2 aromatic carbocycles. The molecule has 0 heterocycles. The molecule has 0 radical (unpaired) electrons. The zero-order valence-corrected chi connectivity index (χ0v) is 24.9. The average molecular weight is 567 g/mol. The fraction of sp³-hybridized carbons (Fsp3) is 0.517. The molecule has 0 aromatic heterocycles. The fourth-order valence-electron chi connectivity index (χ4n) is 3.42. The minimum absolute atomic E-state index is 0. The number of nitrogens with zero attached hydrogens (tertiary/aromatic N) is 2. The van der Waals surface area contributed by atoms with E-state index in [1.54, 1.807) is 42.5 Å². The first-order valence-electron chi connectivity index (χ1n) is 13.5. The van der Waals surface area contributed by atoms with Crippen molar-refractivity contribution in [2.45, 2.75) is 41.0 Å². The zero-order valence-electron chi connectivity index (χ0n) is 24.1. The Morgan fingerprint density at radius 1 is 0.692 bits per heavy atom. The summed E-state index contributed by atoms with van der Waals surface area (Å²) in [6.45, 7) is 17.1. The molecule has 0 saturated carbocycles. The third-order valence-electron chi connectivity index (χ3n) is 5.92. The van der Waals surface area contributed by atoms with E-state index in [4.69, 9.17) is 25.7 Å². The van der Waals surface area contributed by atoms with E-state index in [-0.39, 0.29) is 24.3 Å². The first kappa shape index (κ1) is 36.0. The van der Waals surface area contributed by atoms with Crippen molar-refractivity contribution >= 4 is 35.7 Å². The van der Waals surface area contributed by atoms with Crippen LogP contribution in [0.2, 0.25) is 0 Å². The van der Waals surface area contributed by atoms with Crippen LogP contribution in [0.1, 0.15) is 61.8 Å². The van der Waals surface area contributed by atoms with Crippen LogP contribution in [0.25, 0.3) is 0 Å². The molecule has 9 nitrogen and oxygen atoms in total. The van der Waals surface area contributed by atoms with Gasteiger partial charge in [0, 0.05) is 18.8 Å². The third kappa shape index (κ3) is 14.1. The van der Waals surface area contributed by atoms with Gasteiger partial charge in [0.25, 0.3) is 0 Å². The molecule has 0 unspecified atom stereocenters. The number of hydrogen-bond donors (Lipinski definition) is 2. The van der Waals surface area contributed by atoms with Gasteiger partial charge < -0.3 is 35.5 Å². The summed E-state index contributed by atoms with van der Waals surface area (Å²) in [6, 6.07) is 11.7. The summed E-state index contributed by atoms with van der Waals surface area (Å²) in [5.41, 5.74) is 13.5. The predicted octanol–water partition coefficient (Wildman–Crippen LogP) is 4.75. The second-order valence-electron chi connectivity index (χ2n) is 8.55. The van der Waals surface area contributed by atoms with E-state index >= 15 is 0 Å². The number of nitrogen functional groups attached to an aromatic ring is 2. The largest absolute Gasteiger partial charge is 0.491 e. The molecule has 0 saturated heterocycles. The third-order valence-corrected chi connectivity index (χ3v) is 5.92. The molecule has 2 aromatic rings.